The van der Waals surface area contributed by atoms with Gasteiger partial charge in [-0.25, -0.2) is 4.39 Å². The van der Waals surface area contributed by atoms with Gasteiger partial charge in [0, 0.05) is 17.8 Å². The third-order valence-electron chi connectivity index (χ3n) is 3.97. The Bertz CT molecular complexity index is 648. The monoisotopic (exact) mass is 287 g/mol. The van der Waals surface area contributed by atoms with Crippen molar-refractivity contribution in [3.63, 3.8) is 0 Å². The van der Waals surface area contributed by atoms with Gasteiger partial charge in [0.05, 0.1) is 0 Å². The van der Waals surface area contributed by atoms with Crippen LogP contribution >= 0.6 is 0 Å². The smallest absolute Gasteiger partial charge is 0.272 e. The largest absolute Gasteiger partial charge is 0.347 e. The fourth-order valence-electron chi connectivity index (χ4n) is 2.73. The van der Waals surface area contributed by atoms with Gasteiger partial charge in [-0.15, -0.1) is 0 Å². The van der Waals surface area contributed by atoms with Gasteiger partial charge in [0.25, 0.3) is 5.91 Å². The summed E-state index contributed by atoms with van der Waals surface area (Å²) in [6.07, 6.45) is 2.98. The molecule has 0 saturated heterocycles. The highest BCUT2D eigenvalue weighted by atomic mass is 19.1. The van der Waals surface area contributed by atoms with Crippen molar-refractivity contribution in [3.8, 4) is 0 Å². The zero-order chi connectivity index (χ0) is 14.8. The first-order chi connectivity index (χ1) is 10.1. The molecule has 0 unspecified atom stereocenters. The van der Waals surface area contributed by atoms with Crippen molar-refractivity contribution in [1.29, 1.82) is 0 Å². The number of aryl methyl sites for hydroxylation is 1. The summed E-state index contributed by atoms with van der Waals surface area (Å²) < 4.78 is 12.8. The average Bonchev–Trinajstić information content (AvgIpc) is 2.89. The second kappa shape index (κ2) is 5.68. The van der Waals surface area contributed by atoms with E-state index in [1.807, 2.05) is 0 Å². The van der Waals surface area contributed by atoms with Crippen LogP contribution in [-0.4, -0.2) is 16.1 Å². The highest BCUT2D eigenvalue weighted by Crippen LogP contribution is 2.26. The maximum atomic E-state index is 12.8. The summed E-state index contributed by atoms with van der Waals surface area (Å²) in [5, 5.41) is 9.98. The summed E-state index contributed by atoms with van der Waals surface area (Å²) in [5.74, 6) is 0.130. The molecule has 0 radical (unpaired) electrons. The number of halogens is 1. The summed E-state index contributed by atoms with van der Waals surface area (Å²) in [6.45, 7) is 2.56. The average molecular weight is 287 g/mol. The van der Waals surface area contributed by atoms with Crippen LogP contribution in [0.1, 0.15) is 40.7 Å². The van der Waals surface area contributed by atoms with E-state index in [9.17, 15) is 9.18 Å². The number of rotatable bonds is 3. The molecule has 21 heavy (non-hydrogen) atoms. The Morgan fingerprint density at radius 1 is 1.43 bits per heavy atom. The molecule has 1 aliphatic carbocycles. The van der Waals surface area contributed by atoms with Gasteiger partial charge in [-0.05, 0) is 42.9 Å². The minimum absolute atomic E-state index is 0.175. The zero-order valence-electron chi connectivity index (χ0n) is 11.9. The Balaban J connectivity index is 1.68. The number of carbonyl (C=O) groups is 1. The number of aromatic nitrogens is 2. The molecule has 1 heterocycles. The SMILES string of the molecule is C[C@H]1CCc2[nH]nc(C(=O)NCc3ccc(F)cc3)c2C1. The van der Waals surface area contributed by atoms with E-state index in [1.54, 1.807) is 12.1 Å². The van der Waals surface area contributed by atoms with Crippen LogP contribution < -0.4 is 5.32 Å². The van der Waals surface area contributed by atoms with E-state index in [2.05, 4.69) is 22.4 Å². The van der Waals surface area contributed by atoms with E-state index in [0.717, 1.165) is 36.1 Å². The lowest BCUT2D eigenvalue weighted by atomic mass is 9.87. The van der Waals surface area contributed by atoms with Crippen LogP contribution in [0.2, 0.25) is 0 Å². The van der Waals surface area contributed by atoms with Crippen molar-refractivity contribution in [3.05, 3.63) is 52.6 Å². The Morgan fingerprint density at radius 2 is 2.19 bits per heavy atom. The number of H-pyrrole nitrogens is 1. The predicted octanol–water partition coefficient (Wildman–Crippen LogP) is 2.60. The normalized spacial score (nSPS) is 17.3. The first-order valence-electron chi connectivity index (χ1n) is 7.22. The molecule has 2 N–H and O–H groups in total. The number of hydrogen-bond acceptors (Lipinski definition) is 2. The lowest BCUT2D eigenvalue weighted by Crippen LogP contribution is -2.25. The van der Waals surface area contributed by atoms with E-state index in [1.165, 1.54) is 12.1 Å². The fourth-order valence-corrected chi connectivity index (χ4v) is 2.73. The minimum Gasteiger partial charge on any atom is -0.347 e. The lowest BCUT2D eigenvalue weighted by molar-refractivity contribution is 0.0944. The van der Waals surface area contributed by atoms with Crippen molar-refractivity contribution >= 4 is 5.91 Å². The van der Waals surface area contributed by atoms with Crippen LogP contribution in [0.3, 0.4) is 0 Å². The number of nitrogens with zero attached hydrogens (tertiary/aromatic N) is 1. The molecule has 5 heteroatoms. The second-order valence-electron chi connectivity index (χ2n) is 5.69. The quantitative estimate of drug-likeness (QED) is 0.911. The first kappa shape index (κ1) is 13.8. The number of amides is 1. The van der Waals surface area contributed by atoms with Gasteiger partial charge >= 0.3 is 0 Å². The van der Waals surface area contributed by atoms with Crippen LogP contribution in [0, 0.1) is 11.7 Å². The molecule has 0 bridgehead atoms. The number of benzene rings is 1. The Hall–Kier alpha value is -2.17. The molecule has 1 aromatic carbocycles. The lowest BCUT2D eigenvalue weighted by Gasteiger charge is -2.17. The number of aromatic amines is 1. The van der Waals surface area contributed by atoms with Crippen LogP contribution in [0.25, 0.3) is 0 Å². The van der Waals surface area contributed by atoms with E-state index in [-0.39, 0.29) is 11.7 Å². The van der Waals surface area contributed by atoms with Crippen LogP contribution in [-0.2, 0) is 19.4 Å². The molecule has 1 amide bonds. The Morgan fingerprint density at radius 3 is 2.95 bits per heavy atom. The van der Waals surface area contributed by atoms with Crippen molar-refractivity contribution < 1.29 is 9.18 Å². The Labute approximate surface area is 122 Å². The van der Waals surface area contributed by atoms with Gasteiger partial charge in [0.2, 0.25) is 0 Å². The fraction of sp³-hybridized carbons (Fsp3) is 0.375. The molecule has 1 atom stereocenters. The van der Waals surface area contributed by atoms with Gasteiger partial charge in [-0.1, -0.05) is 19.1 Å². The molecule has 2 aromatic rings. The highest BCUT2D eigenvalue weighted by Gasteiger charge is 2.24. The van der Waals surface area contributed by atoms with Crippen molar-refractivity contribution in [2.45, 2.75) is 32.7 Å². The molecule has 0 fully saturated rings. The van der Waals surface area contributed by atoms with E-state index in [4.69, 9.17) is 0 Å². The maximum Gasteiger partial charge on any atom is 0.272 e. The minimum atomic E-state index is -0.277. The molecule has 1 aromatic heterocycles. The Kier molecular flexibility index (Phi) is 3.73. The molecule has 1 aliphatic rings. The molecular weight excluding hydrogens is 269 g/mol. The van der Waals surface area contributed by atoms with Gasteiger partial charge < -0.3 is 5.32 Å². The topological polar surface area (TPSA) is 57.8 Å². The van der Waals surface area contributed by atoms with Crippen molar-refractivity contribution in [1.82, 2.24) is 15.5 Å². The standard InChI is InChI=1S/C16H18FN3O/c1-10-2-7-14-13(8-10)15(20-19-14)16(21)18-9-11-3-5-12(17)6-4-11/h3-6,10H,2,7-9H2,1H3,(H,18,21)(H,19,20)/t10-/m0/s1. The van der Waals surface area contributed by atoms with E-state index >= 15 is 0 Å². The molecular formula is C16H18FN3O. The zero-order valence-corrected chi connectivity index (χ0v) is 11.9. The highest BCUT2D eigenvalue weighted by molar-refractivity contribution is 5.94. The van der Waals surface area contributed by atoms with E-state index < -0.39 is 0 Å². The summed E-state index contributed by atoms with van der Waals surface area (Å²) in [5.41, 5.74) is 3.49. The molecule has 0 saturated carbocycles. The summed E-state index contributed by atoms with van der Waals surface area (Å²) >= 11 is 0. The van der Waals surface area contributed by atoms with Gasteiger partial charge in [0.1, 0.15) is 5.82 Å². The molecule has 3 rings (SSSR count). The summed E-state index contributed by atoms with van der Waals surface area (Å²) in [4.78, 5) is 12.3. The van der Waals surface area contributed by atoms with Gasteiger partial charge in [0.15, 0.2) is 5.69 Å². The van der Waals surface area contributed by atoms with Crippen molar-refractivity contribution in [2.24, 2.45) is 5.92 Å². The summed E-state index contributed by atoms with van der Waals surface area (Å²) in [7, 11) is 0. The second-order valence-corrected chi connectivity index (χ2v) is 5.69. The van der Waals surface area contributed by atoms with Crippen LogP contribution in [0.15, 0.2) is 24.3 Å². The number of fused-ring (bicyclic) bond motifs is 1. The summed E-state index contributed by atoms with van der Waals surface area (Å²) in [6, 6.07) is 6.11. The van der Waals surface area contributed by atoms with E-state index in [0.29, 0.717) is 18.2 Å². The molecule has 4 nitrogen and oxygen atoms in total. The number of carbonyl (C=O) groups excluding carboxylic acids is 1. The predicted molar refractivity (Wildman–Crippen MR) is 77.3 cm³/mol. The van der Waals surface area contributed by atoms with Crippen LogP contribution in [0.4, 0.5) is 4.39 Å². The first-order valence-corrected chi connectivity index (χ1v) is 7.22. The number of nitrogens with one attached hydrogen (secondary N) is 2. The molecule has 0 aliphatic heterocycles. The van der Waals surface area contributed by atoms with Crippen LogP contribution in [0.5, 0.6) is 0 Å². The third-order valence-corrected chi connectivity index (χ3v) is 3.97. The van der Waals surface area contributed by atoms with Gasteiger partial charge in [-0.2, -0.15) is 5.10 Å². The molecule has 110 valence electrons. The number of hydrogen-bond donors (Lipinski definition) is 2. The maximum absolute atomic E-state index is 12.8. The molecule has 0 spiro atoms. The van der Waals surface area contributed by atoms with Crippen molar-refractivity contribution in [2.75, 3.05) is 0 Å². The van der Waals surface area contributed by atoms with Gasteiger partial charge in [-0.3, -0.25) is 9.89 Å². The third kappa shape index (κ3) is 2.96.